The first-order chi connectivity index (χ1) is 12.2. The number of nitrogens with one attached hydrogen (secondary N) is 1. The molecule has 1 saturated heterocycles. The van der Waals surface area contributed by atoms with Crippen LogP contribution in [0.3, 0.4) is 0 Å². The molecule has 0 saturated carbocycles. The Bertz CT molecular complexity index is 656. The number of guanidine groups is 1. The highest BCUT2D eigenvalue weighted by molar-refractivity contribution is 5.82. The summed E-state index contributed by atoms with van der Waals surface area (Å²) in [6.45, 7) is 13.0. The Morgan fingerprint density at radius 3 is 2.46 bits per heavy atom. The first-order valence-corrected chi connectivity index (χ1v) is 9.14. The molecule has 0 amide bonds. The first-order valence-electron chi connectivity index (χ1n) is 9.14. The van der Waals surface area contributed by atoms with Crippen molar-refractivity contribution in [1.29, 1.82) is 0 Å². The molecular formula is C20H33N3O3. The third-order valence-electron chi connectivity index (χ3n) is 5.68. The molecule has 0 aromatic heterocycles. The van der Waals surface area contributed by atoms with Crippen LogP contribution >= 0.6 is 0 Å². The Morgan fingerprint density at radius 2 is 1.96 bits per heavy atom. The Morgan fingerprint density at radius 1 is 1.27 bits per heavy atom. The second kappa shape index (κ2) is 7.74. The van der Waals surface area contributed by atoms with Gasteiger partial charge in [-0.15, -0.1) is 0 Å². The zero-order valence-electron chi connectivity index (χ0n) is 17.1. The maximum atomic E-state index is 10.7. The van der Waals surface area contributed by atoms with Crippen molar-refractivity contribution in [1.82, 2.24) is 10.2 Å². The third kappa shape index (κ3) is 3.75. The van der Waals surface area contributed by atoms with Gasteiger partial charge in [-0.25, -0.2) is 0 Å². The number of hydrogen-bond acceptors (Lipinski definition) is 4. The van der Waals surface area contributed by atoms with E-state index in [0.29, 0.717) is 17.1 Å². The molecule has 1 heterocycles. The summed E-state index contributed by atoms with van der Waals surface area (Å²) in [6, 6.07) is 5.41. The molecule has 1 aromatic carbocycles. The monoisotopic (exact) mass is 363 g/mol. The topological polar surface area (TPSA) is 66.3 Å². The zero-order chi connectivity index (χ0) is 19.5. The van der Waals surface area contributed by atoms with Crippen molar-refractivity contribution in [3.05, 3.63) is 23.8 Å². The van der Waals surface area contributed by atoms with Gasteiger partial charge < -0.3 is 24.8 Å². The van der Waals surface area contributed by atoms with Crippen LogP contribution in [0, 0.1) is 5.41 Å². The standard InChI is InChI=1S/C20H33N3O3/c1-8-21-18(23-13-19(2,3)20(23,4)5)22-12-16(24)15-11-14(25-6)9-10-17(15)26-7/h9-11,16,24H,8,12-13H2,1-7H3,(H,21,22). The van der Waals surface area contributed by atoms with Crippen LogP contribution in [0.15, 0.2) is 23.2 Å². The summed E-state index contributed by atoms with van der Waals surface area (Å²) in [5.41, 5.74) is 0.902. The number of benzene rings is 1. The average Bonchev–Trinajstić information content (AvgIpc) is 2.62. The Kier molecular flexibility index (Phi) is 6.06. The maximum Gasteiger partial charge on any atom is 0.194 e. The summed E-state index contributed by atoms with van der Waals surface area (Å²) in [7, 11) is 3.20. The summed E-state index contributed by atoms with van der Waals surface area (Å²) >= 11 is 0. The summed E-state index contributed by atoms with van der Waals surface area (Å²) in [6.07, 6.45) is -0.772. The van der Waals surface area contributed by atoms with Gasteiger partial charge in [0.2, 0.25) is 0 Å². The second-order valence-corrected chi connectivity index (χ2v) is 7.85. The van der Waals surface area contributed by atoms with Crippen molar-refractivity contribution in [2.45, 2.75) is 46.3 Å². The number of aliphatic imine (C=N–C) groups is 1. The van der Waals surface area contributed by atoms with Crippen molar-refractivity contribution in [3.8, 4) is 11.5 Å². The van der Waals surface area contributed by atoms with Crippen molar-refractivity contribution >= 4 is 5.96 Å². The van der Waals surface area contributed by atoms with Gasteiger partial charge in [0.15, 0.2) is 5.96 Å². The van der Waals surface area contributed by atoms with Gasteiger partial charge in [0.25, 0.3) is 0 Å². The number of likely N-dealkylation sites (tertiary alicyclic amines) is 1. The summed E-state index contributed by atoms with van der Waals surface area (Å²) in [5, 5.41) is 14.0. The lowest BCUT2D eigenvalue weighted by Crippen LogP contribution is -2.72. The third-order valence-corrected chi connectivity index (χ3v) is 5.68. The summed E-state index contributed by atoms with van der Waals surface area (Å²) < 4.78 is 10.6. The summed E-state index contributed by atoms with van der Waals surface area (Å²) in [5.74, 6) is 2.14. The molecule has 1 aromatic rings. The van der Waals surface area contributed by atoms with E-state index in [1.165, 1.54) is 0 Å². The fourth-order valence-corrected chi connectivity index (χ4v) is 3.17. The minimum absolute atomic E-state index is 0.00656. The molecule has 0 radical (unpaired) electrons. The number of aliphatic hydroxyl groups excluding tert-OH is 1. The van der Waals surface area contributed by atoms with Crippen molar-refractivity contribution < 1.29 is 14.6 Å². The van der Waals surface area contributed by atoms with E-state index in [0.717, 1.165) is 19.0 Å². The van der Waals surface area contributed by atoms with E-state index in [2.05, 4.69) is 49.8 Å². The Hall–Kier alpha value is -1.95. The number of aliphatic hydroxyl groups is 1. The largest absolute Gasteiger partial charge is 0.497 e. The Labute approximate surface area is 157 Å². The van der Waals surface area contributed by atoms with Gasteiger partial charge in [0.1, 0.15) is 17.6 Å². The van der Waals surface area contributed by atoms with E-state index in [4.69, 9.17) is 9.47 Å². The molecule has 1 fully saturated rings. The molecule has 6 nitrogen and oxygen atoms in total. The van der Waals surface area contributed by atoms with Crippen LogP contribution in [-0.2, 0) is 0 Å². The van der Waals surface area contributed by atoms with Crippen LogP contribution in [0.4, 0.5) is 0 Å². The molecule has 1 aliphatic rings. The molecule has 2 N–H and O–H groups in total. The molecule has 1 aliphatic heterocycles. The molecule has 0 aliphatic carbocycles. The van der Waals surface area contributed by atoms with E-state index in [-0.39, 0.29) is 17.5 Å². The fraction of sp³-hybridized carbons (Fsp3) is 0.650. The molecule has 1 atom stereocenters. The minimum atomic E-state index is -0.772. The van der Waals surface area contributed by atoms with Crippen molar-refractivity contribution in [2.24, 2.45) is 10.4 Å². The van der Waals surface area contributed by atoms with E-state index >= 15 is 0 Å². The minimum Gasteiger partial charge on any atom is -0.497 e. The van der Waals surface area contributed by atoms with Crippen LogP contribution in [0.1, 0.15) is 46.3 Å². The smallest absolute Gasteiger partial charge is 0.194 e. The normalized spacial score (nSPS) is 19.5. The highest BCUT2D eigenvalue weighted by Gasteiger charge is 2.53. The number of ether oxygens (including phenoxy) is 2. The van der Waals surface area contributed by atoms with E-state index in [1.807, 2.05) is 6.07 Å². The number of hydrogen-bond donors (Lipinski definition) is 2. The molecule has 146 valence electrons. The fourth-order valence-electron chi connectivity index (χ4n) is 3.17. The van der Waals surface area contributed by atoms with Gasteiger partial charge in [0.05, 0.1) is 20.8 Å². The molecule has 0 bridgehead atoms. The quantitative estimate of drug-likeness (QED) is 0.601. The molecule has 26 heavy (non-hydrogen) atoms. The van der Waals surface area contributed by atoms with E-state index in [1.54, 1.807) is 26.4 Å². The molecular weight excluding hydrogens is 330 g/mol. The maximum absolute atomic E-state index is 10.7. The van der Waals surface area contributed by atoms with Gasteiger partial charge in [0, 0.05) is 29.6 Å². The lowest BCUT2D eigenvalue weighted by Gasteiger charge is -2.62. The lowest BCUT2D eigenvalue weighted by atomic mass is 9.65. The SMILES string of the molecule is CCNC(=NCC(O)c1cc(OC)ccc1OC)N1CC(C)(C)C1(C)C. The number of rotatable bonds is 6. The summed E-state index contributed by atoms with van der Waals surface area (Å²) in [4.78, 5) is 6.96. The van der Waals surface area contributed by atoms with Gasteiger partial charge in [-0.3, -0.25) is 4.99 Å². The Balaban J connectivity index is 2.20. The molecule has 1 unspecified atom stereocenters. The van der Waals surface area contributed by atoms with Crippen LogP contribution in [0.2, 0.25) is 0 Å². The van der Waals surface area contributed by atoms with Crippen LogP contribution in [0.5, 0.6) is 11.5 Å². The molecule has 2 rings (SSSR count). The predicted molar refractivity (Wildman–Crippen MR) is 105 cm³/mol. The second-order valence-electron chi connectivity index (χ2n) is 7.85. The molecule has 0 spiro atoms. The highest BCUT2D eigenvalue weighted by Crippen LogP contribution is 2.46. The first kappa shape index (κ1) is 20.4. The van der Waals surface area contributed by atoms with Crippen LogP contribution in [-0.4, -0.2) is 55.4 Å². The van der Waals surface area contributed by atoms with Crippen LogP contribution < -0.4 is 14.8 Å². The van der Waals surface area contributed by atoms with Gasteiger partial charge in [-0.05, 0) is 39.0 Å². The van der Waals surface area contributed by atoms with Crippen molar-refractivity contribution in [2.75, 3.05) is 33.9 Å². The van der Waals surface area contributed by atoms with Crippen LogP contribution in [0.25, 0.3) is 0 Å². The lowest BCUT2D eigenvalue weighted by molar-refractivity contribution is -0.0668. The van der Waals surface area contributed by atoms with Gasteiger partial charge in [-0.2, -0.15) is 0 Å². The van der Waals surface area contributed by atoms with Crippen molar-refractivity contribution in [3.63, 3.8) is 0 Å². The highest BCUT2D eigenvalue weighted by atomic mass is 16.5. The number of nitrogens with zero attached hydrogens (tertiary/aromatic N) is 2. The molecule has 6 heteroatoms. The van der Waals surface area contributed by atoms with Gasteiger partial charge >= 0.3 is 0 Å². The predicted octanol–water partition coefficient (Wildman–Crippen LogP) is 2.82. The van der Waals surface area contributed by atoms with Gasteiger partial charge in [-0.1, -0.05) is 13.8 Å². The van der Waals surface area contributed by atoms with E-state index in [9.17, 15) is 5.11 Å². The van der Waals surface area contributed by atoms with E-state index < -0.39 is 6.10 Å². The number of methoxy groups -OCH3 is 2. The average molecular weight is 364 g/mol. The zero-order valence-corrected chi connectivity index (χ0v) is 17.1.